The van der Waals surface area contributed by atoms with Gasteiger partial charge in [0.1, 0.15) is 0 Å². The minimum absolute atomic E-state index is 0.254. The third-order valence-corrected chi connectivity index (χ3v) is 4.47. The van der Waals surface area contributed by atoms with Crippen molar-refractivity contribution in [3.05, 3.63) is 52.6 Å². The average molecular weight is 278 g/mol. The Hall–Kier alpha value is -1.89. The summed E-state index contributed by atoms with van der Waals surface area (Å²) in [7, 11) is 0. The second-order valence-electron chi connectivity index (χ2n) is 5.94. The van der Waals surface area contributed by atoms with Gasteiger partial charge in [-0.2, -0.15) is 0 Å². The Bertz CT molecular complexity index is 750. The molecule has 0 unspecified atom stereocenters. The van der Waals surface area contributed by atoms with E-state index in [4.69, 9.17) is 0 Å². The molecule has 1 aliphatic rings. The molecule has 1 nitrogen and oxygen atoms in total. The first kappa shape index (κ1) is 14.1. The van der Waals surface area contributed by atoms with Crippen LogP contribution in [-0.4, -0.2) is 5.78 Å². The fraction of sp³-hybridized carbons (Fsp3) is 0.350. The smallest absolute Gasteiger partial charge is 0.189 e. The van der Waals surface area contributed by atoms with Crippen molar-refractivity contribution in [1.29, 1.82) is 0 Å². The van der Waals surface area contributed by atoms with Gasteiger partial charge in [0, 0.05) is 16.5 Å². The predicted molar refractivity (Wildman–Crippen MR) is 89.8 cm³/mol. The number of Topliss-reactive ketones (excluding diaryl/α,β-unsaturated/α-hetero) is 1. The molecule has 0 spiro atoms. The van der Waals surface area contributed by atoms with E-state index < -0.39 is 0 Å². The molecule has 0 aromatic heterocycles. The van der Waals surface area contributed by atoms with Crippen LogP contribution in [0.25, 0.3) is 16.3 Å². The molecule has 1 heteroatoms. The van der Waals surface area contributed by atoms with Gasteiger partial charge in [0.15, 0.2) is 5.78 Å². The molecule has 0 saturated heterocycles. The van der Waals surface area contributed by atoms with Crippen molar-refractivity contribution in [2.75, 3.05) is 0 Å². The van der Waals surface area contributed by atoms with Gasteiger partial charge < -0.3 is 0 Å². The first-order chi connectivity index (χ1) is 10.2. The lowest BCUT2D eigenvalue weighted by atomic mass is 9.79. The summed E-state index contributed by atoms with van der Waals surface area (Å²) < 4.78 is 0. The maximum atomic E-state index is 12.9. The molecule has 3 rings (SSSR count). The Labute approximate surface area is 126 Å². The molecule has 0 saturated carbocycles. The van der Waals surface area contributed by atoms with Gasteiger partial charge in [-0.05, 0) is 41.9 Å². The molecule has 0 N–H and O–H groups in total. The first-order valence-corrected chi connectivity index (χ1v) is 7.98. The summed E-state index contributed by atoms with van der Waals surface area (Å²) in [5, 5.41) is 2.40. The van der Waals surface area contributed by atoms with Crippen molar-refractivity contribution in [2.24, 2.45) is 0 Å². The summed E-state index contributed by atoms with van der Waals surface area (Å²) in [6.45, 7) is 6.46. The van der Waals surface area contributed by atoms with Crippen LogP contribution < -0.4 is 0 Å². The Balaban J connectivity index is 2.38. The van der Waals surface area contributed by atoms with Crippen molar-refractivity contribution < 1.29 is 4.79 Å². The Morgan fingerprint density at radius 3 is 2.29 bits per heavy atom. The number of allylic oxidation sites excluding steroid dienone is 2. The van der Waals surface area contributed by atoms with E-state index in [0.717, 1.165) is 36.8 Å². The lowest BCUT2D eigenvalue weighted by Gasteiger charge is -2.24. The van der Waals surface area contributed by atoms with Crippen molar-refractivity contribution in [3.8, 4) is 0 Å². The summed E-state index contributed by atoms with van der Waals surface area (Å²) in [5.41, 5.74) is 5.76. The Morgan fingerprint density at radius 1 is 0.857 bits per heavy atom. The molecule has 0 atom stereocenters. The largest absolute Gasteiger partial charge is 0.289 e. The quantitative estimate of drug-likeness (QED) is 0.701. The van der Waals surface area contributed by atoms with Crippen LogP contribution in [0.3, 0.4) is 0 Å². The minimum Gasteiger partial charge on any atom is -0.289 e. The summed E-state index contributed by atoms with van der Waals surface area (Å²) in [6, 6.07) is 10.6. The Morgan fingerprint density at radius 2 is 1.57 bits per heavy atom. The molecule has 1 aliphatic carbocycles. The normalized spacial score (nSPS) is 14.1. The SMILES string of the molecule is CCCC1=C(CCC)c2ccc(C)c3cccc(c23)C1=O. The zero-order valence-electron chi connectivity index (χ0n) is 13.1. The molecule has 0 aliphatic heterocycles. The van der Waals surface area contributed by atoms with E-state index >= 15 is 0 Å². The number of aryl methyl sites for hydroxylation is 1. The topological polar surface area (TPSA) is 17.1 Å². The van der Waals surface area contributed by atoms with Crippen LogP contribution in [0.1, 0.15) is 61.0 Å². The van der Waals surface area contributed by atoms with E-state index in [1.807, 2.05) is 12.1 Å². The molecule has 0 bridgehead atoms. The predicted octanol–water partition coefficient (Wildman–Crippen LogP) is 5.70. The summed E-state index contributed by atoms with van der Waals surface area (Å²) in [5.74, 6) is 0.254. The van der Waals surface area contributed by atoms with Crippen molar-refractivity contribution in [2.45, 2.75) is 46.5 Å². The molecule has 0 fully saturated rings. The van der Waals surface area contributed by atoms with Crippen LogP contribution in [0.5, 0.6) is 0 Å². The zero-order valence-corrected chi connectivity index (χ0v) is 13.1. The number of hydrogen-bond donors (Lipinski definition) is 0. The number of ketones is 1. The van der Waals surface area contributed by atoms with E-state index in [0.29, 0.717) is 0 Å². The monoisotopic (exact) mass is 278 g/mol. The fourth-order valence-corrected chi connectivity index (χ4v) is 3.51. The van der Waals surface area contributed by atoms with Gasteiger partial charge in [0.25, 0.3) is 0 Å². The second-order valence-corrected chi connectivity index (χ2v) is 5.94. The lowest BCUT2D eigenvalue weighted by molar-refractivity contribution is 0.103. The number of carbonyl (C=O) groups excluding carboxylic acids is 1. The van der Waals surface area contributed by atoms with Gasteiger partial charge in [0.05, 0.1) is 0 Å². The van der Waals surface area contributed by atoms with Gasteiger partial charge in [-0.15, -0.1) is 0 Å². The molecule has 0 heterocycles. The van der Waals surface area contributed by atoms with Crippen LogP contribution in [0.2, 0.25) is 0 Å². The average Bonchev–Trinajstić information content (AvgIpc) is 2.50. The van der Waals surface area contributed by atoms with E-state index in [2.05, 4.69) is 39.0 Å². The van der Waals surface area contributed by atoms with Gasteiger partial charge in [-0.1, -0.05) is 57.0 Å². The zero-order chi connectivity index (χ0) is 15.0. The van der Waals surface area contributed by atoms with Gasteiger partial charge >= 0.3 is 0 Å². The van der Waals surface area contributed by atoms with Crippen LogP contribution >= 0.6 is 0 Å². The molecule has 108 valence electrons. The molecular formula is C20H22O. The maximum Gasteiger partial charge on any atom is 0.189 e. The molecular weight excluding hydrogens is 256 g/mol. The van der Waals surface area contributed by atoms with Gasteiger partial charge in [0.2, 0.25) is 0 Å². The molecule has 0 amide bonds. The summed E-state index contributed by atoms with van der Waals surface area (Å²) in [6.07, 6.45) is 3.98. The van der Waals surface area contributed by atoms with Gasteiger partial charge in [-0.3, -0.25) is 4.79 Å². The highest BCUT2D eigenvalue weighted by molar-refractivity contribution is 6.25. The highest BCUT2D eigenvalue weighted by atomic mass is 16.1. The molecule has 21 heavy (non-hydrogen) atoms. The van der Waals surface area contributed by atoms with Gasteiger partial charge in [-0.25, -0.2) is 0 Å². The summed E-state index contributed by atoms with van der Waals surface area (Å²) in [4.78, 5) is 12.9. The highest BCUT2D eigenvalue weighted by Crippen LogP contribution is 2.40. The van der Waals surface area contributed by atoms with Crippen molar-refractivity contribution in [3.63, 3.8) is 0 Å². The van der Waals surface area contributed by atoms with Crippen molar-refractivity contribution >= 4 is 22.1 Å². The van der Waals surface area contributed by atoms with Crippen LogP contribution in [0.4, 0.5) is 0 Å². The third kappa shape index (κ3) is 2.12. The maximum absolute atomic E-state index is 12.9. The number of benzene rings is 2. The minimum atomic E-state index is 0.254. The first-order valence-electron chi connectivity index (χ1n) is 7.98. The van der Waals surface area contributed by atoms with Crippen LogP contribution in [-0.2, 0) is 0 Å². The highest BCUT2D eigenvalue weighted by Gasteiger charge is 2.26. The molecule has 0 radical (unpaired) electrons. The number of carbonyl (C=O) groups is 1. The number of rotatable bonds is 4. The van der Waals surface area contributed by atoms with E-state index in [9.17, 15) is 4.79 Å². The third-order valence-electron chi connectivity index (χ3n) is 4.47. The van der Waals surface area contributed by atoms with Crippen molar-refractivity contribution in [1.82, 2.24) is 0 Å². The fourth-order valence-electron chi connectivity index (χ4n) is 3.51. The van der Waals surface area contributed by atoms with Crippen LogP contribution in [0, 0.1) is 6.92 Å². The van der Waals surface area contributed by atoms with E-state index in [1.165, 1.54) is 27.5 Å². The van der Waals surface area contributed by atoms with Crippen LogP contribution in [0.15, 0.2) is 35.9 Å². The Kier molecular flexibility index (Phi) is 3.67. The standard InChI is InChI=1S/C20H22O/c1-4-7-15-16-12-11-13(3)14-9-6-10-18(19(14)16)20(21)17(15)8-5-2/h6,9-12H,4-5,7-8H2,1-3H3. The number of hydrogen-bond acceptors (Lipinski definition) is 1. The summed E-state index contributed by atoms with van der Waals surface area (Å²) >= 11 is 0. The molecule has 2 aromatic rings. The molecule has 2 aromatic carbocycles. The van der Waals surface area contributed by atoms with E-state index in [1.54, 1.807) is 0 Å². The second kappa shape index (κ2) is 5.48. The van der Waals surface area contributed by atoms with E-state index in [-0.39, 0.29) is 5.78 Å². The lowest BCUT2D eigenvalue weighted by Crippen LogP contribution is -2.13.